The van der Waals surface area contributed by atoms with Crippen molar-refractivity contribution in [2.45, 2.75) is 34.1 Å². The summed E-state index contributed by atoms with van der Waals surface area (Å²) in [5, 5.41) is 3.24. The first-order valence-electron chi connectivity index (χ1n) is 6.21. The molecule has 0 aliphatic rings. The molecular formula is C13H23N3O. The first kappa shape index (κ1) is 13.9. The number of nitrogens with one attached hydrogen (secondary N) is 1. The van der Waals surface area contributed by atoms with Gasteiger partial charge >= 0.3 is 0 Å². The van der Waals surface area contributed by atoms with Crippen molar-refractivity contribution in [3.63, 3.8) is 0 Å². The molecule has 0 fully saturated rings. The number of rotatable bonds is 7. The molecule has 0 saturated carbocycles. The molecule has 1 aromatic rings. The number of ether oxygens (including phenoxy) is 1. The highest BCUT2D eigenvalue weighted by molar-refractivity contribution is 5.39. The van der Waals surface area contributed by atoms with E-state index in [9.17, 15) is 0 Å². The van der Waals surface area contributed by atoms with Crippen LogP contribution in [0.2, 0.25) is 0 Å². The molecule has 1 heterocycles. The van der Waals surface area contributed by atoms with Crippen LogP contribution in [0.3, 0.4) is 0 Å². The molecule has 0 saturated heterocycles. The third-order valence-corrected chi connectivity index (χ3v) is 2.45. The molecule has 0 radical (unpaired) electrons. The second-order valence-electron chi connectivity index (χ2n) is 4.67. The molecule has 0 spiro atoms. The van der Waals surface area contributed by atoms with Crippen molar-refractivity contribution in [3.05, 3.63) is 17.6 Å². The van der Waals surface area contributed by atoms with Crippen molar-refractivity contribution in [1.29, 1.82) is 0 Å². The quantitative estimate of drug-likeness (QED) is 0.740. The number of aromatic nitrogens is 2. The van der Waals surface area contributed by atoms with Crippen LogP contribution in [0.5, 0.6) is 0 Å². The summed E-state index contributed by atoms with van der Waals surface area (Å²) in [5.41, 5.74) is 1.86. The van der Waals surface area contributed by atoms with Crippen LogP contribution >= 0.6 is 0 Å². The average molecular weight is 237 g/mol. The van der Waals surface area contributed by atoms with Crippen LogP contribution in [-0.2, 0) is 4.74 Å². The molecule has 0 aliphatic carbocycles. The maximum absolute atomic E-state index is 5.53. The van der Waals surface area contributed by atoms with Crippen molar-refractivity contribution in [2.75, 3.05) is 25.1 Å². The van der Waals surface area contributed by atoms with E-state index in [2.05, 4.69) is 29.1 Å². The van der Waals surface area contributed by atoms with Crippen LogP contribution in [0, 0.1) is 19.8 Å². The smallest absolute Gasteiger partial charge is 0.147 e. The second kappa shape index (κ2) is 7.22. The van der Waals surface area contributed by atoms with Gasteiger partial charge in [0.15, 0.2) is 0 Å². The molecule has 4 nitrogen and oxygen atoms in total. The highest BCUT2D eigenvalue weighted by Crippen LogP contribution is 2.07. The Balaban J connectivity index is 2.20. The third kappa shape index (κ3) is 5.63. The highest BCUT2D eigenvalue weighted by atomic mass is 16.5. The zero-order chi connectivity index (χ0) is 12.7. The van der Waals surface area contributed by atoms with Crippen LogP contribution in [0.4, 0.5) is 5.82 Å². The van der Waals surface area contributed by atoms with E-state index in [0.29, 0.717) is 12.5 Å². The van der Waals surface area contributed by atoms with Gasteiger partial charge in [-0.1, -0.05) is 13.8 Å². The van der Waals surface area contributed by atoms with Crippen molar-refractivity contribution in [1.82, 2.24) is 9.97 Å². The van der Waals surface area contributed by atoms with Gasteiger partial charge in [-0.25, -0.2) is 4.98 Å². The van der Waals surface area contributed by atoms with Gasteiger partial charge in [-0.3, -0.25) is 4.98 Å². The van der Waals surface area contributed by atoms with Crippen LogP contribution in [0.25, 0.3) is 0 Å². The Kier molecular flexibility index (Phi) is 5.91. The molecular weight excluding hydrogens is 214 g/mol. The molecule has 0 aromatic carbocycles. The Labute approximate surface area is 104 Å². The summed E-state index contributed by atoms with van der Waals surface area (Å²) in [4.78, 5) is 8.64. The minimum absolute atomic E-state index is 0.702. The zero-order valence-corrected chi connectivity index (χ0v) is 11.3. The van der Waals surface area contributed by atoms with Crippen LogP contribution in [0.1, 0.15) is 31.7 Å². The first-order valence-corrected chi connectivity index (χ1v) is 6.21. The van der Waals surface area contributed by atoms with E-state index in [1.165, 1.54) is 0 Å². The average Bonchev–Trinajstić information content (AvgIpc) is 2.27. The van der Waals surface area contributed by atoms with E-state index in [-0.39, 0.29) is 0 Å². The summed E-state index contributed by atoms with van der Waals surface area (Å²) in [6.45, 7) is 10.6. The van der Waals surface area contributed by atoms with Gasteiger partial charge in [-0.15, -0.1) is 0 Å². The van der Waals surface area contributed by atoms with E-state index in [4.69, 9.17) is 4.74 Å². The van der Waals surface area contributed by atoms with Crippen molar-refractivity contribution >= 4 is 5.82 Å². The van der Waals surface area contributed by atoms with Gasteiger partial charge in [0.2, 0.25) is 0 Å². The van der Waals surface area contributed by atoms with Crippen molar-refractivity contribution < 1.29 is 4.74 Å². The van der Waals surface area contributed by atoms with E-state index < -0.39 is 0 Å². The molecule has 96 valence electrons. The Morgan fingerprint density at radius 3 is 2.76 bits per heavy atom. The number of hydrogen-bond acceptors (Lipinski definition) is 4. The van der Waals surface area contributed by atoms with Gasteiger partial charge in [0.1, 0.15) is 5.82 Å². The Morgan fingerprint density at radius 1 is 1.29 bits per heavy atom. The van der Waals surface area contributed by atoms with Crippen LogP contribution in [-0.4, -0.2) is 29.7 Å². The predicted octanol–water partition coefficient (Wildman–Crippen LogP) is 2.57. The molecule has 0 unspecified atom stereocenters. The first-order chi connectivity index (χ1) is 8.09. The zero-order valence-electron chi connectivity index (χ0n) is 11.3. The standard InChI is InChI=1S/C13H23N3O/c1-10(2)5-7-17-8-6-14-13-12(4)15-9-11(3)16-13/h9-10H,5-8H2,1-4H3,(H,14,16). The summed E-state index contributed by atoms with van der Waals surface area (Å²) in [6, 6.07) is 0. The lowest BCUT2D eigenvalue weighted by Crippen LogP contribution is -2.13. The maximum Gasteiger partial charge on any atom is 0.147 e. The second-order valence-corrected chi connectivity index (χ2v) is 4.67. The van der Waals surface area contributed by atoms with E-state index in [1.54, 1.807) is 6.20 Å². The van der Waals surface area contributed by atoms with Gasteiger partial charge in [0, 0.05) is 19.3 Å². The van der Waals surface area contributed by atoms with Gasteiger partial charge in [-0.05, 0) is 26.2 Å². The number of anilines is 1. The number of aryl methyl sites for hydroxylation is 2. The lowest BCUT2D eigenvalue weighted by molar-refractivity contribution is 0.132. The summed E-state index contributed by atoms with van der Waals surface area (Å²) in [6.07, 6.45) is 2.89. The molecule has 0 amide bonds. The maximum atomic E-state index is 5.53. The monoisotopic (exact) mass is 237 g/mol. The largest absolute Gasteiger partial charge is 0.380 e. The lowest BCUT2D eigenvalue weighted by Gasteiger charge is -2.09. The Hall–Kier alpha value is -1.16. The topological polar surface area (TPSA) is 47.0 Å². The van der Waals surface area contributed by atoms with Gasteiger partial charge < -0.3 is 10.1 Å². The molecule has 1 N–H and O–H groups in total. The number of hydrogen-bond donors (Lipinski definition) is 1. The molecule has 1 aromatic heterocycles. The summed E-state index contributed by atoms with van der Waals surface area (Å²) in [7, 11) is 0. The minimum atomic E-state index is 0.702. The highest BCUT2D eigenvalue weighted by Gasteiger charge is 2.00. The summed E-state index contributed by atoms with van der Waals surface area (Å²) in [5.74, 6) is 1.56. The fraction of sp³-hybridized carbons (Fsp3) is 0.692. The minimum Gasteiger partial charge on any atom is -0.380 e. The Bertz CT molecular complexity index is 339. The molecule has 1 rings (SSSR count). The van der Waals surface area contributed by atoms with E-state index >= 15 is 0 Å². The van der Waals surface area contributed by atoms with Gasteiger partial charge in [0.05, 0.1) is 18.0 Å². The van der Waals surface area contributed by atoms with Crippen molar-refractivity contribution in [2.24, 2.45) is 5.92 Å². The van der Waals surface area contributed by atoms with E-state index in [1.807, 2.05) is 13.8 Å². The van der Waals surface area contributed by atoms with Crippen molar-refractivity contribution in [3.8, 4) is 0 Å². The molecule has 0 atom stereocenters. The summed E-state index contributed by atoms with van der Waals surface area (Å²) >= 11 is 0. The third-order valence-electron chi connectivity index (χ3n) is 2.45. The fourth-order valence-electron chi connectivity index (χ4n) is 1.37. The Morgan fingerprint density at radius 2 is 2.06 bits per heavy atom. The SMILES string of the molecule is Cc1cnc(C)c(NCCOCCC(C)C)n1. The number of nitrogens with zero attached hydrogens (tertiary/aromatic N) is 2. The lowest BCUT2D eigenvalue weighted by atomic mass is 10.1. The molecule has 0 aliphatic heterocycles. The van der Waals surface area contributed by atoms with Gasteiger partial charge in [0.25, 0.3) is 0 Å². The molecule has 17 heavy (non-hydrogen) atoms. The van der Waals surface area contributed by atoms with Gasteiger partial charge in [-0.2, -0.15) is 0 Å². The predicted molar refractivity (Wildman–Crippen MR) is 70.3 cm³/mol. The van der Waals surface area contributed by atoms with E-state index in [0.717, 1.165) is 36.8 Å². The van der Waals surface area contributed by atoms with Crippen LogP contribution < -0.4 is 5.32 Å². The summed E-state index contributed by atoms with van der Waals surface area (Å²) < 4.78 is 5.53. The normalized spacial score (nSPS) is 10.9. The molecule has 4 heteroatoms. The molecule has 0 bridgehead atoms. The fourth-order valence-corrected chi connectivity index (χ4v) is 1.37. The van der Waals surface area contributed by atoms with Crippen LogP contribution in [0.15, 0.2) is 6.20 Å².